The number of halogens is 3. The Morgan fingerprint density at radius 2 is 1.52 bits per heavy atom. The summed E-state index contributed by atoms with van der Waals surface area (Å²) in [4.78, 5) is 0. The Hall–Kier alpha value is -2.25. The Morgan fingerprint density at radius 1 is 0.952 bits per heavy atom. The van der Waals surface area contributed by atoms with Crippen molar-refractivity contribution in [2.75, 3.05) is 0 Å². The molecule has 0 aliphatic heterocycles. The average Bonchev–Trinajstić information content (AvgIpc) is 2.45. The van der Waals surface area contributed by atoms with Crippen molar-refractivity contribution in [1.29, 1.82) is 0 Å². The van der Waals surface area contributed by atoms with E-state index < -0.39 is 18.3 Å². The minimum absolute atomic E-state index is 0.150. The number of alkyl halides is 3. The molecule has 0 aliphatic rings. The molecule has 1 nitrogen and oxygen atoms in total. The third-order valence-electron chi connectivity index (χ3n) is 2.99. The average molecular weight is 290 g/mol. The van der Waals surface area contributed by atoms with E-state index in [-0.39, 0.29) is 11.1 Å². The van der Waals surface area contributed by atoms with Gasteiger partial charge in [-0.1, -0.05) is 35.6 Å². The second-order valence-corrected chi connectivity index (χ2v) is 4.64. The highest BCUT2D eigenvalue weighted by Crippen LogP contribution is 2.32. The Balaban J connectivity index is 2.36. The van der Waals surface area contributed by atoms with E-state index in [0.717, 1.165) is 17.2 Å². The van der Waals surface area contributed by atoms with Gasteiger partial charge in [0.2, 0.25) is 0 Å². The predicted molar refractivity (Wildman–Crippen MR) is 74.5 cm³/mol. The van der Waals surface area contributed by atoms with Crippen LogP contribution >= 0.6 is 0 Å². The normalized spacial score (nSPS) is 10.9. The summed E-state index contributed by atoms with van der Waals surface area (Å²) < 4.78 is 38.6. The molecule has 0 fully saturated rings. The molecule has 0 amide bonds. The number of benzene rings is 2. The molecule has 0 saturated carbocycles. The summed E-state index contributed by atoms with van der Waals surface area (Å²) in [7, 11) is 0. The van der Waals surface area contributed by atoms with Crippen LogP contribution in [0.5, 0.6) is 0 Å². The lowest BCUT2D eigenvalue weighted by Gasteiger charge is -2.11. The number of rotatable bonds is 1. The molecule has 2 rings (SSSR count). The first-order valence-corrected chi connectivity index (χ1v) is 6.30. The Morgan fingerprint density at radius 3 is 2.10 bits per heavy atom. The molecule has 2 aromatic rings. The van der Waals surface area contributed by atoms with Gasteiger partial charge in [0.25, 0.3) is 0 Å². The van der Waals surface area contributed by atoms with Gasteiger partial charge >= 0.3 is 6.18 Å². The summed E-state index contributed by atoms with van der Waals surface area (Å²) in [6.45, 7) is 1.29. The van der Waals surface area contributed by atoms with Gasteiger partial charge in [0.15, 0.2) is 0 Å². The molecule has 21 heavy (non-hydrogen) atoms. The SMILES string of the molecule is Cc1ccc(C#Cc2ccc(CO)c(C(F)(F)F)c2)cc1. The zero-order chi connectivity index (χ0) is 15.5. The van der Waals surface area contributed by atoms with Gasteiger partial charge in [0.05, 0.1) is 12.2 Å². The van der Waals surface area contributed by atoms with Gasteiger partial charge in [-0.2, -0.15) is 13.2 Å². The molecule has 1 N–H and O–H groups in total. The van der Waals surface area contributed by atoms with E-state index in [1.165, 1.54) is 12.1 Å². The van der Waals surface area contributed by atoms with E-state index >= 15 is 0 Å². The van der Waals surface area contributed by atoms with Crippen molar-refractivity contribution in [2.24, 2.45) is 0 Å². The molecular weight excluding hydrogens is 277 g/mol. The number of hydrogen-bond acceptors (Lipinski definition) is 1. The van der Waals surface area contributed by atoms with Gasteiger partial charge in [0.1, 0.15) is 0 Å². The molecule has 4 heteroatoms. The van der Waals surface area contributed by atoms with Gasteiger partial charge in [-0.25, -0.2) is 0 Å². The van der Waals surface area contributed by atoms with E-state index in [2.05, 4.69) is 11.8 Å². The molecule has 108 valence electrons. The minimum Gasteiger partial charge on any atom is -0.392 e. The summed E-state index contributed by atoms with van der Waals surface area (Å²) >= 11 is 0. The zero-order valence-corrected chi connectivity index (χ0v) is 11.3. The first-order valence-electron chi connectivity index (χ1n) is 6.30. The quantitative estimate of drug-likeness (QED) is 0.790. The fraction of sp³-hybridized carbons (Fsp3) is 0.176. The number of aryl methyl sites for hydroxylation is 1. The fourth-order valence-corrected chi connectivity index (χ4v) is 1.84. The van der Waals surface area contributed by atoms with Crippen LogP contribution in [0, 0.1) is 18.8 Å². The molecular formula is C17H13F3O. The fourth-order valence-electron chi connectivity index (χ4n) is 1.84. The number of aliphatic hydroxyl groups excluding tert-OH is 1. The van der Waals surface area contributed by atoms with Gasteiger partial charge in [-0.3, -0.25) is 0 Å². The van der Waals surface area contributed by atoms with Crippen molar-refractivity contribution in [1.82, 2.24) is 0 Å². The second-order valence-electron chi connectivity index (χ2n) is 4.64. The third kappa shape index (κ3) is 3.87. The number of hydrogen-bond donors (Lipinski definition) is 1. The van der Waals surface area contributed by atoms with Crippen LogP contribution in [0.15, 0.2) is 42.5 Å². The van der Waals surface area contributed by atoms with E-state index in [0.29, 0.717) is 0 Å². The maximum atomic E-state index is 12.9. The largest absolute Gasteiger partial charge is 0.416 e. The van der Waals surface area contributed by atoms with Crippen molar-refractivity contribution in [3.8, 4) is 11.8 Å². The highest BCUT2D eigenvalue weighted by Gasteiger charge is 2.33. The third-order valence-corrected chi connectivity index (χ3v) is 2.99. The zero-order valence-electron chi connectivity index (χ0n) is 11.3. The highest BCUT2D eigenvalue weighted by atomic mass is 19.4. The minimum atomic E-state index is -4.50. The summed E-state index contributed by atoms with van der Waals surface area (Å²) in [5.41, 5.74) is 1.09. The van der Waals surface area contributed by atoms with Crippen molar-refractivity contribution in [3.05, 3.63) is 70.3 Å². The monoisotopic (exact) mass is 290 g/mol. The van der Waals surface area contributed by atoms with Crippen LogP contribution in [-0.2, 0) is 12.8 Å². The van der Waals surface area contributed by atoms with E-state index in [1.807, 2.05) is 31.2 Å². The Kier molecular flexibility index (Phi) is 4.35. The molecule has 0 aromatic heterocycles. The van der Waals surface area contributed by atoms with E-state index in [9.17, 15) is 13.2 Å². The van der Waals surface area contributed by atoms with Crippen LogP contribution in [0.3, 0.4) is 0 Å². The summed E-state index contributed by atoms with van der Waals surface area (Å²) in [5.74, 6) is 5.54. The smallest absolute Gasteiger partial charge is 0.392 e. The first-order chi connectivity index (χ1) is 9.90. The van der Waals surface area contributed by atoms with Gasteiger partial charge in [-0.15, -0.1) is 0 Å². The van der Waals surface area contributed by atoms with Crippen molar-refractivity contribution in [3.63, 3.8) is 0 Å². The van der Waals surface area contributed by atoms with Crippen molar-refractivity contribution >= 4 is 0 Å². The number of aliphatic hydroxyl groups is 1. The van der Waals surface area contributed by atoms with Crippen LogP contribution in [-0.4, -0.2) is 5.11 Å². The maximum absolute atomic E-state index is 12.9. The van der Waals surface area contributed by atoms with E-state index in [1.54, 1.807) is 0 Å². The van der Waals surface area contributed by atoms with Crippen LogP contribution in [0.1, 0.15) is 27.8 Å². The van der Waals surface area contributed by atoms with Crippen molar-refractivity contribution in [2.45, 2.75) is 19.7 Å². The lowest BCUT2D eigenvalue weighted by Crippen LogP contribution is -2.09. The Labute approximate surface area is 121 Å². The maximum Gasteiger partial charge on any atom is 0.416 e. The molecule has 0 atom stereocenters. The van der Waals surface area contributed by atoms with Crippen LogP contribution in [0.25, 0.3) is 0 Å². The molecule has 0 bridgehead atoms. The summed E-state index contributed by atoms with van der Waals surface area (Å²) in [6, 6.07) is 11.1. The lowest BCUT2D eigenvalue weighted by atomic mass is 10.0. The van der Waals surface area contributed by atoms with Crippen LogP contribution in [0.4, 0.5) is 13.2 Å². The highest BCUT2D eigenvalue weighted by molar-refractivity contribution is 5.46. The standard InChI is InChI=1S/C17H13F3O/c1-12-2-4-13(5-3-12)6-7-14-8-9-15(11-21)16(10-14)17(18,19)20/h2-5,8-10,21H,11H2,1H3. The Bertz CT molecular complexity index is 689. The lowest BCUT2D eigenvalue weighted by molar-refractivity contribution is -0.138. The van der Waals surface area contributed by atoms with Crippen LogP contribution < -0.4 is 0 Å². The molecule has 0 aliphatic carbocycles. The molecule has 0 heterocycles. The molecule has 0 spiro atoms. The topological polar surface area (TPSA) is 20.2 Å². The van der Waals surface area contributed by atoms with Gasteiger partial charge in [-0.05, 0) is 36.8 Å². The first kappa shape index (κ1) is 15.1. The second kappa shape index (κ2) is 6.02. The molecule has 2 aromatic carbocycles. The van der Waals surface area contributed by atoms with Gasteiger partial charge < -0.3 is 5.11 Å². The van der Waals surface area contributed by atoms with Gasteiger partial charge in [0, 0.05) is 11.1 Å². The molecule has 0 radical (unpaired) electrons. The molecule has 0 saturated heterocycles. The van der Waals surface area contributed by atoms with Crippen LogP contribution in [0.2, 0.25) is 0 Å². The van der Waals surface area contributed by atoms with Crippen molar-refractivity contribution < 1.29 is 18.3 Å². The summed E-state index contributed by atoms with van der Waals surface area (Å²) in [5, 5.41) is 8.97. The predicted octanol–water partition coefficient (Wildman–Crippen LogP) is 3.91. The molecule has 0 unspecified atom stereocenters. The summed E-state index contributed by atoms with van der Waals surface area (Å²) in [6.07, 6.45) is -4.50. The van der Waals surface area contributed by atoms with E-state index in [4.69, 9.17) is 5.11 Å².